The lowest BCUT2D eigenvalue weighted by atomic mass is 9.93. The first-order chi connectivity index (χ1) is 16.5. The minimum Gasteiger partial charge on any atom is -0.492 e. The van der Waals surface area contributed by atoms with E-state index in [2.05, 4.69) is 13.0 Å². The highest BCUT2D eigenvalue weighted by Crippen LogP contribution is 2.28. The smallest absolute Gasteiger partial charge is 0.492 e. The molecule has 184 valence electrons. The van der Waals surface area contributed by atoms with E-state index in [-0.39, 0.29) is 19.8 Å². The van der Waals surface area contributed by atoms with E-state index in [9.17, 15) is 14.9 Å². The molecule has 3 N–H and O–H groups in total. The summed E-state index contributed by atoms with van der Waals surface area (Å²) >= 11 is 0. The molecular formula is C26H36N2O5P+. The molecule has 2 aromatic carbocycles. The summed E-state index contributed by atoms with van der Waals surface area (Å²) < 4.78 is 28.4. The molecule has 0 fully saturated rings. The summed E-state index contributed by atoms with van der Waals surface area (Å²) in [5.41, 5.74) is 7.45. The van der Waals surface area contributed by atoms with Crippen molar-refractivity contribution in [2.45, 2.75) is 64.0 Å². The van der Waals surface area contributed by atoms with Crippen LogP contribution >= 0.6 is 8.25 Å². The fourth-order valence-electron chi connectivity index (χ4n) is 3.34. The zero-order valence-corrected chi connectivity index (χ0v) is 20.8. The first-order valence-corrected chi connectivity index (χ1v) is 12.9. The van der Waals surface area contributed by atoms with Crippen LogP contribution in [0.25, 0.3) is 0 Å². The van der Waals surface area contributed by atoms with Crippen LogP contribution < -0.4 is 10.5 Å². The number of benzene rings is 2. The number of aliphatic hydroxyl groups is 1. The SMILES string of the molecule is CCCCCCCOc1ccc(CCC(N)(CO)CO[P+](=O)OCc2ccccc2)cc1C#N. The number of rotatable bonds is 17. The lowest BCUT2D eigenvalue weighted by Crippen LogP contribution is -2.48. The van der Waals surface area contributed by atoms with Crippen molar-refractivity contribution >= 4 is 8.25 Å². The topological polar surface area (TPSA) is 115 Å². The van der Waals surface area contributed by atoms with Gasteiger partial charge in [-0.2, -0.15) is 5.26 Å². The minimum atomic E-state index is -2.36. The van der Waals surface area contributed by atoms with Gasteiger partial charge in [0, 0.05) is 4.57 Å². The molecule has 0 saturated carbocycles. The summed E-state index contributed by atoms with van der Waals surface area (Å²) in [4.78, 5) is 0. The third kappa shape index (κ3) is 10.3. The molecule has 2 atom stereocenters. The van der Waals surface area contributed by atoms with Crippen LogP contribution in [0.4, 0.5) is 0 Å². The Morgan fingerprint density at radius 1 is 1.06 bits per heavy atom. The molecule has 2 rings (SSSR count). The van der Waals surface area contributed by atoms with Gasteiger partial charge in [0.25, 0.3) is 0 Å². The van der Waals surface area contributed by atoms with E-state index in [4.69, 9.17) is 19.5 Å². The number of nitrogens with zero attached hydrogens (tertiary/aromatic N) is 1. The number of nitriles is 1. The fraction of sp³-hybridized carbons (Fsp3) is 0.500. The monoisotopic (exact) mass is 487 g/mol. The Kier molecular flexibility index (Phi) is 12.8. The maximum atomic E-state index is 12.1. The molecule has 8 heteroatoms. The van der Waals surface area contributed by atoms with Crippen molar-refractivity contribution in [1.29, 1.82) is 5.26 Å². The van der Waals surface area contributed by atoms with Crippen LogP contribution in [-0.2, 0) is 26.6 Å². The Labute approximate surface area is 203 Å². The third-order valence-corrected chi connectivity index (χ3v) is 6.21. The lowest BCUT2D eigenvalue weighted by Gasteiger charge is -2.24. The highest BCUT2D eigenvalue weighted by atomic mass is 31.1. The number of nitrogens with two attached hydrogens (primary N) is 1. The highest BCUT2D eigenvalue weighted by Gasteiger charge is 2.31. The maximum absolute atomic E-state index is 12.1. The van der Waals surface area contributed by atoms with E-state index in [1.165, 1.54) is 19.3 Å². The quantitative estimate of drug-likeness (QED) is 0.226. The van der Waals surface area contributed by atoms with E-state index in [1.54, 1.807) is 6.07 Å². The van der Waals surface area contributed by atoms with Crippen molar-refractivity contribution in [3.63, 3.8) is 0 Å². The van der Waals surface area contributed by atoms with E-state index < -0.39 is 13.8 Å². The summed E-state index contributed by atoms with van der Waals surface area (Å²) in [5, 5.41) is 19.3. The zero-order valence-electron chi connectivity index (χ0n) is 19.9. The van der Waals surface area contributed by atoms with Crippen molar-refractivity contribution in [2.75, 3.05) is 19.8 Å². The molecule has 7 nitrogen and oxygen atoms in total. The number of aliphatic hydroxyl groups excluding tert-OH is 1. The Morgan fingerprint density at radius 3 is 2.53 bits per heavy atom. The van der Waals surface area contributed by atoms with Crippen molar-refractivity contribution < 1.29 is 23.5 Å². The van der Waals surface area contributed by atoms with E-state index >= 15 is 0 Å². The van der Waals surface area contributed by atoms with Crippen LogP contribution in [0.15, 0.2) is 48.5 Å². The zero-order chi connectivity index (χ0) is 24.7. The molecule has 2 aromatic rings. The summed E-state index contributed by atoms with van der Waals surface area (Å²) in [5.74, 6) is 0.582. The van der Waals surface area contributed by atoms with Gasteiger partial charge in [0.05, 0.1) is 24.3 Å². The second-order valence-corrected chi connectivity index (χ2v) is 9.45. The minimum absolute atomic E-state index is 0.113. The largest absolute Gasteiger partial charge is 0.697 e. The van der Waals surface area contributed by atoms with Gasteiger partial charge in [-0.3, -0.25) is 0 Å². The molecule has 0 aliphatic rings. The molecule has 0 heterocycles. The van der Waals surface area contributed by atoms with Gasteiger partial charge in [-0.1, -0.05) is 69.0 Å². The lowest BCUT2D eigenvalue weighted by molar-refractivity contribution is 0.115. The summed E-state index contributed by atoms with van der Waals surface area (Å²) in [6.07, 6.45) is 6.63. The number of ether oxygens (including phenoxy) is 1. The van der Waals surface area contributed by atoms with E-state index in [0.29, 0.717) is 30.8 Å². The molecule has 34 heavy (non-hydrogen) atoms. The van der Waals surface area contributed by atoms with Crippen LogP contribution in [0.1, 0.15) is 62.1 Å². The molecule has 0 radical (unpaired) electrons. The summed E-state index contributed by atoms with van der Waals surface area (Å²) in [6.45, 7) is 2.49. The molecule has 0 saturated heterocycles. The van der Waals surface area contributed by atoms with Gasteiger partial charge in [0.1, 0.15) is 25.0 Å². The Bertz CT molecular complexity index is 919. The van der Waals surface area contributed by atoms with Crippen molar-refractivity contribution in [3.8, 4) is 11.8 Å². The average Bonchev–Trinajstić information content (AvgIpc) is 2.88. The number of aryl methyl sites for hydroxylation is 1. The number of hydrogen-bond donors (Lipinski definition) is 2. The molecule has 0 amide bonds. The predicted molar refractivity (Wildman–Crippen MR) is 133 cm³/mol. The van der Waals surface area contributed by atoms with Crippen LogP contribution in [0.5, 0.6) is 5.75 Å². The normalized spacial score (nSPS) is 13.2. The Balaban J connectivity index is 1.80. The molecule has 0 spiro atoms. The molecule has 0 aliphatic carbocycles. The molecule has 2 unspecified atom stereocenters. The molecule has 0 aliphatic heterocycles. The van der Waals surface area contributed by atoms with E-state index in [1.807, 2.05) is 42.5 Å². The van der Waals surface area contributed by atoms with Gasteiger partial charge in [0.15, 0.2) is 0 Å². The van der Waals surface area contributed by atoms with Crippen molar-refractivity contribution in [2.24, 2.45) is 5.73 Å². The second kappa shape index (κ2) is 15.5. The van der Waals surface area contributed by atoms with E-state index in [0.717, 1.165) is 24.0 Å². The Hall–Kier alpha value is -2.33. The molecule has 0 bridgehead atoms. The van der Waals surface area contributed by atoms with Crippen LogP contribution in [0, 0.1) is 11.3 Å². The number of unbranched alkanes of at least 4 members (excludes halogenated alkanes) is 4. The first kappa shape index (κ1) is 27.9. The second-order valence-electron chi connectivity index (χ2n) is 8.48. The standard InChI is InChI=1S/C26H36N2O5P/c1-2-3-4-5-9-16-31-25-13-12-22(17-24(25)18-27)14-15-26(28,20-29)21-33-34(30)32-19-23-10-7-6-8-11-23/h6-8,10-13,17,29H,2-5,9,14-16,19-21,28H2,1H3/q+1. The van der Waals surface area contributed by atoms with Gasteiger partial charge in [-0.05, 0) is 42.5 Å². The van der Waals surface area contributed by atoms with Gasteiger partial charge >= 0.3 is 8.25 Å². The average molecular weight is 488 g/mol. The van der Waals surface area contributed by atoms with Gasteiger partial charge in [0.2, 0.25) is 0 Å². The van der Waals surface area contributed by atoms with Crippen LogP contribution in [0.2, 0.25) is 0 Å². The number of hydrogen-bond acceptors (Lipinski definition) is 7. The third-order valence-electron chi connectivity index (χ3n) is 5.53. The Morgan fingerprint density at radius 2 is 1.82 bits per heavy atom. The van der Waals surface area contributed by atoms with Gasteiger partial charge in [-0.15, -0.1) is 9.05 Å². The van der Waals surface area contributed by atoms with Crippen LogP contribution in [0.3, 0.4) is 0 Å². The van der Waals surface area contributed by atoms with Crippen LogP contribution in [-0.4, -0.2) is 30.5 Å². The van der Waals surface area contributed by atoms with Crippen molar-refractivity contribution in [1.82, 2.24) is 0 Å². The van der Waals surface area contributed by atoms with Crippen molar-refractivity contribution in [3.05, 3.63) is 65.2 Å². The first-order valence-electron chi connectivity index (χ1n) is 11.8. The predicted octanol–water partition coefficient (Wildman–Crippen LogP) is 5.42. The maximum Gasteiger partial charge on any atom is 0.697 e. The van der Waals surface area contributed by atoms with Gasteiger partial charge < -0.3 is 15.6 Å². The molecule has 0 aromatic heterocycles. The summed E-state index contributed by atoms with van der Waals surface area (Å²) in [7, 11) is -2.36. The summed E-state index contributed by atoms with van der Waals surface area (Å²) in [6, 6.07) is 17.0. The highest BCUT2D eigenvalue weighted by molar-refractivity contribution is 7.33. The molecular weight excluding hydrogens is 451 g/mol. The fourth-order valence-corrected chi connectivity index (χ4v) is 4.04. The van der Waals surface area contributed by atoms with Gasteiger partial charge in [-0.25, -0.2) is 0 Å².